The van der Waals surface area contributed by atoms with Gasteiger partial charge in [0.05, 0.1) is 17.4 Å². The van der Waals surface area contributed by atoms with Gasteiger partial charge in [-0.1, -0.05) is 13.8 Å². The number of hydrogen-bond donors (Lipinski definition) is 1. The Hall–Kier alpha value is -0.330. The second kappa shape index (κ2) is 7.45. The number of halogens is 1. The molecule has 0 aromatic carbocycles. The van der Waals surface area contributed by atoms with Gasteiger partial charge >= 0.3 is 0 Å². The highest BCUT2D eigenvalue weighted by Crippen LogP contribution is 2.13. The fourth-order valence-corrected chi connectivity index (χ4v) is 3.16. The minimum Gasteiger partial charge on any atom is -0.350 e. The molecule has 114 valence electrons. The lowest BCUT2D eigenvalue weighted by atomic mass is 10.0. The summed E-state index contributed by atoms with van der Waals surface area (Å²) < 4.78 is 28.5. The highest BCUT2D eigenvalue weighted by Gasteiger charge is 2.30. The smallest absolute Gasteiger partial charge is 0.269 e. The number of hydrogen-bond acceptors (Lipinski definition) is 4. The third kappa shape index (κ3) is 7.74. The molecule has 0 saturated carbocycles. The molecule has 0 aromatic rings. The Bertz CT molecular complexity index is 395. The van der Waals surface area contributed by atoms with Crippen LogP contribution in [0.1, 0.15) is 41.0 Å². The maximum Gasteiger partial charge on any atom is 0.269 e. The van der Waals surface area contributed by atoms with Crippen LogP contribution in [-0.4, -0.2) is 37.6 Å². The molecule has 0 fully saturated rings. The van der Waals surface area contributed by atoms with Crippen LogP contribution >= 0.6 is 11.6 Å². The molecule has 0 aliphatic rings. The maximum atomic E-state index is 11.8. The minimum absolute atomic E-state index is 0.0961. The Balaban J connectivity index is 4.63. The van der Waals surface area contributed by atoms with Gasteiger partial charge in [0.15, 0.2) is 0 Å². The van der Waals surface area contributed by atoms with Crippen molar-refractivity contribution in [2.24, 2.45) is 5.92 Å². The number of alkyl halides is 1. The van der Waals surface area contributed by atoms with Crippen LogP contribution in [0.2, 0.25) is 0 Å². The molecule has 5 nitrogen and oxygen atoms in total. The average Bonchev–Trinajstić information content (AvgIpc) is 2.24. The zero-order chi connectivity index (χ0) is 15.3. The van der Waals surface area contributed by atoms with Crippen molar-refractivity contribution in [2.45, 2.75) is 52.7 Å². The summed E-state index contributed by atoms with van der Waals surface area (Å²) in [7, 11) is -3.73. The van der Waals surface area contributed by atoms with Gasteiger partial charge in [-0.25, -0.2) is 0 Å². The van der Waals surface area contributed by atoms with E-state index in [2.05, 4.69) is 5.32 Å². The third-order valence-electron chi connectivity index (χ3n) is 2.59. The lowest BCUT2D eigenvalue weighted by molar-refractivity contribution is -0.125. The van der Waals surface area contributed by atoms with E-state index >= 15 is 0 Å². The molecule has 7 heteroatoms. The summed E-state index contributed by atoms with van der Waals surface area (Å²) in [5.74, 6) is -0.500. The molecule has 0 rings (SSSR count). The van der Waals surface area contributed by atoms with E-state index in [1.165, 1.54) is 0 Å². The monoisotopic (exact) mass is 313 g/mol. The number of nitrogens with one attached hydrogen (secondary N) is 1. The van der Waals surface area contributed by atoms with Gasteiger partial charge in [-0.3, -0.25) is 8.98 Å². The van der Waals surface area contributed by atoms with Crippen LogP contribution < -0.4 is 5.32 Å². The van der Waals surface area contributed by atoms with Crippen molar-refractivity contribution in [1.29, 1.82) is 0 Å². The van der Waals surface area contributed by atoms with Crippen molar-refractivity contribution in [1.82, 2.24) is 5.32 Å². The van der Waals surface area contributed by atoms with Crippen molar-refractivity contribution in [2.75, 3.05) is 11.6 Å². The van der Waals surface area contributed by atoms with E-state index in [0.29, 0.717) is 6.42 Å². The molecule has 0 aliphatic carbocycles. The normalized spacial score (nSPS) is 15.9. The Kier molecular flexibility index (Phi) is 7.32. The topological polar surface area (TPSA) is 72.5 Å². The van der Waals surface area contributed by atoms with Crippen LogP contribution in [0.5, 0.6) is 0 Å². The zero-order valence-electron chi connectivity index (χ0n) is 12.2. The van der Waals surface area contributed by atoms with Gasteiger partial charge in [-0.05, 0) is 27.2 Å². The molecule has 2 atom stereocenters. The van der Waals surface area contributed by atoms with Gasteiger partial charge in [-0.15, -0.1) is 11.6 Å². The predicted octanol–water partition coefficient (Wildman–Crippen LogP) is 1.90. The highest BCUT2D eigenvalue weighted by atomic mass is 35.5. The number of carbonyl (C=O) groups is 1. The van der Waals surface area contributed by atoms with Gasteiger partial charge in [0.25, 0.3) is 10.1 Å². The Morgan fingerprint density at radius 3 is 2.32 bits per heavy atom. The van der Waals surface area contributed by atoms with E-state index in [0.717, 1.165) is 0 Å². The second-order valence-corrected chi connectivity index (χ2v) is 7.35. The van der Waals surface area contributed by atoms with Crippen LogP contribution in [0.3, 0.4) is 0 Å². The summed E-state index contributed by atoms with van der Waals surface area (Å²) >= 11 is 5.51. The molecular weight excluding hydrogens is 290 g/mol. The van der Waals surface area contributed by atoms with E-state index in [9.17, 15) is 13.2 Å². The van der Waals surface area contributed by atoms with Crippen molar-refractivity contribution in [3.8, 4) is 0 Å². The number of amides is 1. The second-order valence-electron chi connectivity index (χ2n) is 5.45. The largest absolute Gasteiger partial charge is 0.350 e. The standard InChI is InChI=1S/C12H24ClNO4S/c1-6-9(2)11(15)14-12(4,5)8-19(16,17)18-10(3)7-13/h9-10H,6-8H2,1-5H3,(H,14,15). The van der Waals surface area contributed by atoms with Crippen molar-refractivity contribution >= 4 is 27.6 Å². The number of carbonyl (C=O) groups excluding carboxylic acids is 1. The van der Waals surface area contributed by atoms with E-state index in [-0.39, 0.29) is 23.5 Å². The third-order valence-corrected chi connectivity index (χ3v) is 4.72. The Morgan fingerprint density at radius 1 is 1.37 bits per heavy atom. The van der Waals surface area contributed by atoms with Crippen LogP contribution in [0.15, 0.2) is 0 Å². The van der Waals surface area contributed by atoms with Crippen molar-refractivity contribution in [3.63, 3.8) is 0 Å². The first kappa shape index (κ1) is 18.7. The molecule has 0 radical (unpaired) electrons. The summed E-state index contributed by atoms with van der Waals surface area (Å²) in [6.07, 6.45) is 0.127. The summed E-state index contributed by atoms with van der Waals surface area (Å²) in [4.78, 5) is 11.8. The van der Waals surface area contributed by atoms with E-state index in [1.807, 2.05) is 6.92 Å². The molecule has 0 heterocycles. The first-order valence-corrected chi connectivity index (χ1v) is 8.43. The lowest BCUT2D eigenvalue weighted by Crippen LogP contribution is -2.50. The predicted molar refractivity (Wildman–Crippen MR) is 76.7 cm³/mol. The Labute approximate surface area is 121 Å². The first-order chi connectivity index (χ1) is 8.53. The van der Waals surface area contributed by atoms with Gasteiger partial charge < -0.3 is 5.32 Å². The average molecular weight is 314 g/mol. The molecule has 0 bridgehead atoms. The van der Waals surface area contributed by atoms with Crippen molar-refractivity contribution in [3.05, 3.63) is 0 Å². The SMILES string of the molecule is CCC(C)C(=O)NC(C)(C)CS(=O)(=O)OC(C)CCl. The van der Waals surface area contributed by atoms with Gasteiger partial charge in [0.1, 0.15) is 0 Å². The Morgan fingerprint density at radius 2 is 1.89 bits per heavy atom. The fourth-order valence-electron chi connectivity index (χ4n) is 1.43. The van der Waals surface area contributed by atoms with E-state index in [4.69, 9.17) is 15.8 Å². The maximum absolute atomic E-state index is 11.8. The molecule has 2 unspecified atom stereocenters. The van der Waals surface area contributed by atoms with Gasteiger partial charge in [0.2, 0.25) is 5.91 Å². The van der Waals surface area contributed by atoms with E-state index in [1.54, 1.807) is 27.7 Å². The molecule has 0 saturated heterocycles. The highest BCUT2D eigenvalue weighted by molar-refractivity contribution is 7.86. The van der Waals surface area contributed by atoms with E-state index < -0.39 is 21.8 Å². The fraction of sp³-hybridized carbons (Fsp3) is 0.917. The van der Waals surface area contributed by atoms with Gasteiger partial charge in [0, 0.05) is 11.8 Å². The summed E-state index contributed by atoms with van der Waals surface area (Å²) in [5.41, 5.74) is -0.884. The summed E-state index contributed by atoms with van der Waals surface area (Å²) in [6.45, 7) is 8.58. The molecule has 0 aliphatic heterocycles. The minimum atomic E-state index is -3.73. The van der Waals surface area contributed by atoms with Crippen LogP contribution in [0.25, 0.3) is 0 Å². The first-order valence-electron chi connectivity index (χ1n) is 6.32. The molecule has 0 aromatic heterocycles. The molecule has 1 N–H and O–H groups in total. The van der Waals surface area contributed by atoms with Crippen LogP contribution in [0, 0.1) is 5.92 Å². The zero-order valence-corrected chi connectivity index (χ0v) is 13.8. The van der Waals surface area contributed by atoms with Gasteiger partial charge in [-0.2, -0.15) is 8.42 Å². The molecule has 19 heavy (non-hydrogen) atoms. The van der Waals surface area contributed by atoms with Crippen LogP contribution in [-0.2, 0) is 19.1 Å². The summed E-state index contributed by atoms with van der Waals surface area (Å²) in [6, 6.07) is 0. The summed E-state index contributed by atoms with van der Waals surface area (Å²) in [5, 5.41) is 2.72. The lowest BCUT2D eigenvalue weighted by Gasteiger charge is -2.27. The molecule has 0 spiro atoms. The quantitative estimate of drug-likeness (QED) is 0.549. The van der Waals surface area contributed by atoms with Crippen molar-refractivity contribution < 1.29 is 17.4 Å². The van der Waals surface area contributed by atoms with Crippen LogP contribution in [0.4, 0.5) is 0 Å². The molecular formula is C12H24ClNO4S. The number of rotatable bonds is 8. The molecule has 1 amide bonds.